The normalized spacial score (nSPS) is 26.5. The van der Waals surface area contributed by atoms with Crippen molar-refractivity contribution in [3.63, 3.8) is 0 Å². The Bertz CT molecular complexity index is 352. The molecule has 7 nitrogen and oxygen atoms in total. The summed E-state index contributed by atoms with van der Waals surface area (Å²) in [6.07, 6.45) is -1.02. The van der Waals surface area contributed by atoms with E-state index in [9.17, 15) is 9.90 Å². The van der Waals surface area contributed by atoms with Gasteiger partial charge in [-0.15, -0.1) is 10.6 Å². The summed E-state index contributed by atoms with van der Waals surface area (Å²) < 4.78 is 0.457. The number of aliphatic hydroxyl groups is 1. The summed E-state index contributed by atoms with van der Waals surface area (Å²) in [5.41, 5.74) is 7.94. The van der Waals surface area contributed by atoms with Crippen LogP contribution < -0.4 is 16.5 Å². The third kappa shape index (κ3) is 1.19. The zero-order chi connectivity index (χ0) is 10.3. The van der Waals surface area contributed by atoms with Gasteiger partial charge in [-0.05, 0) is 6.92 Å². The molecule has 1 unspecified atom stereocenters. The van der Waals surface area contributed by atoms with E-state index in [2.05, 4.69) is 37.5 Å². The molecule has 2 heterocycles. The number of carbonyl (C=O) groups is 1. The van der Waals surface area contributed by atoms with Crippen molar-refractivity contribution in [2.45, 2.75) is 13.2 Å². The molecule has 76 valence electrons. The summed E-state index contributed by atoms with van der Waals surface area (Å²) in [5.74, 6) is -0.0579. The zero-order valence-electron chi connectivity index (χ0n) is 7.21. The molecule has 1 amide bonds. The van der Waals surface area contributed by atoms with E-state index in [1.54, 1.807) is 6.92 Å². The van der Waals surface area contributed by atoms with Gasteiger partial charge in [0.25, 0.3) is 5.91 Å². The standard InChI is InChI=1S/C6H8BrN5O2/c1-2-3(7)5(14)12(4(2)13)6-8-10-11-9-6/h5,10-11,14H,1H3,(H,8,9). The molecule has 0 saturated carbocycles. The molecule has 8 heteroatoms. The smallest absolute Gasteiger partial charge is 0.259 e. The highest BCUT2D eigenvalue weighted by Crippen LogP contribution is 2.28. The molecule has 2 rings (SSSR count). The first-order valence-corrected chi connectivity index (χ1v) is 4.64. The maximum atomic E-state index is 11.6. The molecule has 2 aliphatic heterocycles. The number of hydrazone groups is 1. The van der Waals surface area contributed by atoms with Gasteiger partial charge in [0.15, 0.2) is 6.23 Å². The number of hydrogen-bond acceptors (Lipinski definition) is 6. The molecule has 0 aromatic rings. The largest absolute Gasteiger partial charge is 0.368 e. The number of hydrogen-bond donors (Lipinski definition) is 4. The summed E-state index contributed by atoms with van der Waals surface area (Å²) in [5, 5.41) is 13.4. The Balaban J connectivity index is 2.28. The van der Waals surface area contributed by atoms with Gasteiger partial charge in [-0.1, -0.05) is 15.9 Å². The fourth-order valence-electron chi connectivity index (χ4n) is 1.22. The Morgan fingerprint density at radius 1 is 1.64 bits per heavy atom. The molecule has 0 saturated heterocycles. The quantitative estimate of drug-likeness (QED) is 0.436. The minimum atomic E-state index is -1.02. The van der Waals surface area contributed by atoms with Crippen molar-refractivity contribution < 1.29 is 9.90 Å². The molecule has 0 radical (unpaired) electrons. The van der Waals surface area contributed by atoms with Crippen molar-refractivity contribution in [2.75, 3.05) is 0 Å². The number of nitrogens with zero attached hydrogens (tertiary/aromatic N) is 2. The fraction of sp³-hybridized carbons (Fsp3) is 0.333. The molecular weight excluding hydrogens is 254 g/mol. The van der Waals surface area contributed by atoms with Crippen molar-refractivity contribution in [2.24, 2.45) is 5.10 Å². The highest BCUT2D eigenvalue weighted by atomic mass is 79.9. The predicted octanol–water partition coefficient (Wildman–Crippen LogP) is -1.30. The SMILES string of the molecule is CC1=C(Br)C(O)N(C2=NNNN2)C1=O. The summed E-state index contributed by atoms with van der Waals surface area (Å²) in [7, 11) is 0. The number of aliphatic hydroxyl groups excluding tert-OH is 1. The topological polar surface area (TPSA) is 89.0 Å². The maximum Gasteiger partial charge on any atom is 0.259 e. The van der Waals surface area contributed by atoms with Crippen LogP contribution in [0.25, 0.3) is 0 Å². The Labute approximate surface area is 87.9 Å². The first-order valence-electron chi connectivity index (χ1n) is 3.84. The van der Waals surface area contributed by atoms with Crippen molar-refractivity contribution >= 4 is 27.8 Å². The van der Waals surface area contributed by atoms with Crippen molar-refractivity contribution in [1.29, 1.82) is 0 Å². The van der Waals surface area contributed by atoms with Crippen LogP contribution in [-0.2, 0) is 4.79 Å². The van der Waals surface area contributed by atoms with Crippen molar-refractivity contribution in [3.05, 3.63) is 10.1 Å². The Hall–Kier alpha value is -1.12. The lowest BCUT2D eigenvalue weighted by molar-refractivity contribution is -0.126. The number of hydrazine groups is 2. The van der Waals surface area contributed by atoms with Gasteiger partial charge in [0.2, 0.25) is 5.96 Å². The molecular formula is C6H8BrN5O2. The lowest BCUT2D eigenvalue weighted by atomic mass is 10.3. The molecule has 1 atom stereocenters. The first-order chi connectivity index (χ1) is 6.63. The van der Waals surface area contributed by atoms with Crippen LogP contribution in [0.15, 0.2) is 15.2 Å². The van der Waals surface area contributed by atoms with Gasteiger partial charge < -0.3 is 5.11 Å². The van der Waals surface area contributed by atoms with Gasteiger partial charge in [0.05, 0.1) is 4.48 Å². The number of carbonyl (C=O) groups excluding carboxylic acids is 1. The Morgan fingerprint density at radius 2 is 2.36 bits per heavy atom. The molecule has 0 aliphatic carbocycles. The first kappa shape index (κ1) is 9.44. The van der Waals surface area contributed by atoms with Crippen LogP contribution in [0.1, 0.15) is 6.92 Å². The minimum Gasteiger partial charge on any atom is -0.368 e. The highest BCUT2D eigenvalue weighted by molar-refractivity contribution is 9.11. The van der Waals surface area contributed by atoms with Gasteiger partial charge in [0, 0.05) is 5.57 Å². The number of guanidine groups is 1. The van der Waals surface area contributed by atoms with E-state index in [0.29, 0.717) is 10.1 Å². The lowest BCUT2D eigenvalue weighted by Gasteiger charge is -2.19. The summed E-state index contributed by atoms with van der Waals surface area (Å²) in [6.45, 7) is 1.63. The average Bonchev–Trinajstić information content (AvgIpc) is 2.73. The van der Waals surface area contributed by atoms with E-state index in [1.807, 2.05) is 0 Å². The monoisotopic (exact) mass is 261 g/mol. The van der Waals surface area contributed by atoms with Crippen LogP contribution >= 0.6 is 15.9 Å². The van der Waals surface area contributed by atoms with Crippen LogP contribution in [0.4, 0.5) is 0 Å². The number of halogens is 1. The molecule has 0 spiro atoms. The Kier molecular flexibility index (Phi) is 2.17. The van der Waals surface area contributed by atoms with Gasteiger partial charge in [-0.25, -0.2) is 10.4 Å². The second-order valence-corrected chi connectivity index (χ2v) is 3.67. The van der Waals surface area contributed by atoms with Crippen LogP contribution in [0.5, 0.6) is 0 Å². The number of rotatable bonds is 0. The van der Waals surface area contributed by atoms with Gasteiger partial charge >= 0.3 is 0 Å². The van der Waals surface area contributed by atoms with E-state index in [0.717, 1.165) is 4.90 Å². The lowest BCUT2D eigenvalue weighted by Crippen LogP contribution is -2.48. The van der Waals surface area contributed by atoms with Crippen LogP contribution in [0.2, 0.25) is 0 Å². The second-order valence-electron chi connectivity index (χ2n) is 2.82. The fourth-order valence-corrected chi connectivity index (χ4v) is 1.59. The maximum absolute atomic E-state index is 11.6. The number of nitrogens with one attached hydrogen (secondary N) is 3. The summed E-state index contributed by atoms with van der Waals surface area (Å²) in [4.78, 5) is 12.7. The predicted molar refractivity (Wildman–Crippen MR) is 51.3 cm³/mol. The van der Waals surface area contributed by atoms with Crippen LogP contribution in [0.3, 0.4) is 0 Å². The van der Waals surface area contributed by atoms with Crippen LogP contribution in [-0.4, -0.2) is 28.1 Å². The van der Waals surface area contributed by atoms with E-state index >= 15 is 0 Å². The van der Waals surface area contributed by atoms with Crippen molar-refractivity contribution in [1.82, 2.24) is 21.4 Å². The molecule has 4 N–H and O–H groups in total. The third-order valence-electron chi connectivity index (χ3n) is 1.99. The van der Waals surface area contributed by atoms with Crippen LogP contribution in [0, 0.1) is 0 Å². The highest BCUT2D eigenvalue weighted by Gasteiger charge is 2.38. The average molecular weight is 262 g/mol. The summed E-state index contributed by atoms with van der Waals surface area (Å²) in [6, 6.07) is 0. The van der Waals surface area contributed by atoms with E-state index in [4.69, 9.17) is 0 Å². The molecule has 0 fully saturated rings. The van der Waals surface area contributed by atoms with Crippen molar-refractivity contribution in [3.8, 4) is 0 Å². The molecule has 14 heavy (non-hydrogen) atoms. The second kappa shape index (κ2) is 3.23. The van der Waals surface area contributed by atoms with Gasteiger partial charge in [-0.2, -0.15) is 0 Å². The third-order valence-corrected chi connectivity index (χ3v) is 2.99. The van der Waals surface area contributed by atoms with Gasteiger partial charge in [-0.3, -0.25) is 10.2 Å². The van der Waals surface area contributed by atoms with E-state index in [1.165, 1.54) is 0 Å². The zero-order valence-corrected chi connectivity index (χ0v) is 8.79. The van der Waals surface area contributed by atoms with E-state index < -0.39 is 6.23 Å². The Morgan fingerprint density at radius 3 is 2.79 bits per heavy atom. The molecule has 0 bridgehead atoms. The van der Waals surface area contributed by atoms with Gasteiger partial charge in [0.1, 0.15) is 0 Å². The summed E-state index contributed by atoms with van der Waals surface area (Å²) >= 11 is 3.14. The minimum absolute atomic E-state index is 0.233. The molecule has 0 aromatic carbocycles. The van der Waals surface area contributed by atoms with E-state index in [-0.39, 0.29) is 11.9 Å². The molecule has 2 aliphatic rings. The molecule has 0 aromatic heterocycles. The number of amides is 1.